The Labute approximate surface area is 135 Å². The van der Waals surface area contributed by atoms with Gasteiger partial charge in [0.25, 0.3) is 5.82 Å². The molecule has 0 spiro atoms. The molecule has 124 valence electrons. The highest BCUT2D eigenvalue weighted by Crippen LogP contribution is 2.19. The van der Waals surface area contributed by atoms with Crippen molar-refractivity contribution in [2.24, 2.45) is 0 Å². The van der Waals surface area contributed by atoms with E-state index in [4.69, 9.17) is 9.15 Å². The average molecular weight is 338 g/mol. The summed E-state index contributed by atoms with van der Waals surface area (Å²) in [5, 5.41) is 3.22. The molecule has 0 saturated carbocycles. The lowest BCUT2D eigenvalue weighted by Gasteiger charge is -2.25. The van der Waals surface area contributed by atoms with Gasteiger partial charge >= 0.3 is 0 Å². The molecule has 0 aromatic carbocycles. The zero-order valence-corrected chi connectivity index (χ0v) is 13.7. The summed E-state index contributed by atoms with van der Waals surface area (Å²) in [5.41, 5.74) is 0. The Hall–Kier alpha value is -1.90. The molecule has 0 bridgehead atoms. The fourth-order valence-corrected chi connectivity index (χ4v) is 3.81. The highest BCUT2D eigenvalue weighted by molar-refractivity contribution is 7.89. The summed E-state index contributed by atoms with van der Waals surface area (Å²) in [6.07, 6.45) is 3.12. The van der Waals surface area contributed by atoms with E-state index in [-0.39, 0.29) is 10.9 Å². The van der Waals surface area contributed by atoms with Crippen LogP contribution in [0.1, 0.15) is 18.7 Å². The number of sulfonamides is 1. The van der Waals surface area contributed by atoms with Gasteiger partial charge in [-0.1, -0.05) is 0 Å². The largest absolute Gasteiger partial charge is 0.465 e. The molecule has 2 N–H and O–H groups in total. The lowest BCUT2D eigenvalue weighted by molar-refractivity contribution is -0.364. The van der Waals surface area contributed by atoms with Crippen molar-refractivity contribution >= 4 is 15.8 Å². The third-order valence-corrected chi connectivity index (χ3v) is 5.63. The lowest BCUT2D eigenvalue weighted by Crippen LogP contribution is -2.40. The van der Waals surface area contributed by atoms with Crippen molar-refractivity contribution in [1.82, 2.24) is 4.31 Å². The average Bonchev–Trinajstić information content (AvgIpc) is 3.11. The molecule has 0 amide bonds. The van der Waals surface area contributed by atoms with Crippen molar-refractivity contribution in [3.05, 3.63) is 42.5 Å². The molecule has 2 aromatic heterocycles. The number of H-pyrrole nitrogens is 1. The molecule has 7 nitrogen and oxygen atoms in total. The smallest absolute Gasteiger partial charge is 0.272 e. The topological polar surface area (TPSA) is 85.9 Å². The number of aromatic nitrogens is 1. The SMILES string of the molecule is C[C@@H](Nc1ccc(S(=O)(=O)N2CCOCC2)c[nH+]1)c1ccco1. The van der Waals surface area contributed by atoms with Gasteiger partial charge in [-0.25, -0.2) is 13.4 Å². The van der Waals surface area contributed by atoms with Gasteiger partial charge in [0.05, 0.1) is 19.5 Å². The molecule has 2 aromatic rings. The number of hydrogen-bond donors (Lipinski definition) is 1. The maximum atomic E-state index is 12.5. The zero-order valence-electron chi connectivity index (χ0n) is 12.9. The third-order valence-electron chi connectivity index (χ3n) is 3.73. The Bertz CT molecular complexity index is 723. The predicted molar refractivity (Wildman–Crippen MR) is 83.3 cm³/mol. The summed E-state index contributed by atoms with van der Waals surface area (Å²) in [5.74, 6) is 1.53. The highest BCUT2D eigenvalue weighted by Gasteiger charge is 2.27. The van der Waals surface area contributed by atoms with Crippen LogP contribution < -0.4 is 10.3 Å². The van der Waals surface area contributed by atoms with Gasteiger partial charge in [0, 0.05) is 19.2 Å². The Morgan fingerprint density at radius 3 is 2.65 bits per heavy atom. The minimum absolute atomic E-state index is 0.0250. The second-order valence-corrected chi connectivity index (χ2v) is 7.27. The van der Waals surface area contributed by atoms with E-state index < -0.39 is 10.0 Å². The first-order valence-corrected chi connectivity index (χ1v) is 8.91. The first-order valence-electron chi connectivity index (χ1n) is 7.47. The van der Waals surface area contributed by atoms with Gasteiger partial charge in [0.1, 0.15) is 22.9 Å². The van der Waals surface area contributed by atoms with Gasteiger partial charge < -0.3 is 9.15 Å². The molecule has 0 radical (unpaired) electrons. The number of furan rings is 1. The van der Waals surface area contributed by atoms with Crippen LogP contribution in [0.5, 0.6) is 0 Å². The lowest BCUT2D eigenvalue weighted by atomic mass is 10.2. The summed E-state index contributed by atoms with van der Waals surface area (Å²) in [7, 11) is -3.47. The monoisotopic (exact) mass is 338 g/mol. The summed E-state index contributed by atoms with van der Waals surface area (Å²) in [4.78, 5) is 3.23. The fourth-order valence-electron chi connectivity index (χ4n) is 2.44. The molecule has 1 aliphatic heterocycles. The van der Waals surface area contributed by atoms with Crippen LogP contribution >= 0.6 is 0 Å². The Morgan fingerprint density at radius 1 is 1.26 bits per heavy atom. The predicted octanol–water partition coefficient (Wildman–Crippen LogP) is 1.29. The van der Waals surface area contributed by atoms with Gasteiger partial charge in [-0.05, 0) is 25.1 Å². The molecular weight excluding hydrogens is 318 g/mol. The number of nitrogens with zero attached hydrogens (tertiary/aromatic N) is 1. The fraction of sp³-hybridized carbons (Fsp3) is 0.400. The summed E-state index contributed by atoms with van der Waals surface area (Å²) in [6, 6.07) is 7.00. The van der Waals surface area contributed by atoms with Crippen LogP contribution in [-0.2, 0) is 14.8 Å². The molecular formula is C15H20N3O4S+. The van der Waals surface area contributed by atoms with Crippen LogP contribution in [0.2, 0.25) is 0 Å². The molecule has 1 saturated heterocycles. The number of aromatic amines is 1. The number of anilines is 1. The van der Waals surface area contributed by atoms with Crippen molar-refractivity contribution in [2.75, 3.05) is 31.6 Å². The number of rotatable bonds is 5. The maximum Gasteiger partial charge on any atom is 0.272 e. The van der Waals surface area contributed by atoms with Crippen molar-refractivity contribution in [3.63, 3.8) is 0 Å². The van der Waals surface area contributed by atoms with Crippen LogP contribution in [0.15, 0.2) is 46.0 Å². The normalized spacial score (nSPS) is 17.8. The second-order valence-electron chi connectivity index (χ2n) is 5.34. The summed E-state index contributed by atoms with van der Waals surface area (Å²) < 4.78 is 37.0. The van der Waals surface area contributed by atoms with Gasteiger partial charge in [0.2, 0.25) is 10.0 Å². The standard InChI is InChI=1S/C15H19N3O4S/c1-12(14-3-2-8-22-14)17-15-5-4-13(11-16-15)23(19,20)18-6-9-21-10-7-18/h2-5,8,11-12H,6-7,9-10H2,1H3,(H,16,17)/p+1/t12-/m1/s1. The zero-order chi connectivity index (χ0) is 16.3. The molecule has 3 heterocycles. The third kappa shape index (κ3) is 3.54. The van der Waals surface area contributed by atoms with Gasteiger partial charge in [-0.2, -0.15) is 4.31 Å². The second kappa shape index (κ2) is 6.69. The summed E-state index contributed by atoms with van der Waals surface area (Å²) in [6.45, 7) is 3.60. The molecule has 3 rings (SSSR count). The van der Waals surface area contributed by atoms with Crippen LogP contribution in [0.25, 0.3) is 0 Å². The van der Waals surface area contributed by atoms with E-state index >= 15 is 0 Å². The van der Waals surface area contributed by atoms with E-state index in [1.54, 1.807) is 18.4 Å². The maximum absolute atomic E-state index is 12.5. The van der Waals surface area contributed by atoms with Crippen molar-refractivity contribution in [1.29, 1.82) is 0 Å². The van der Waals surface area contributed by atoms with Crippen LogP contribution in [0, 0.1) is 0 Å². The van der Waals surface area contributed by atoms with Crippen LogP contribution in [0.3, 0.4) is 0 Å². The molecule has 0 aliphatic carbocycles. The first kappa shape index (κ1) is 16.0. The number of ether oxygens (including phenoxy) is 1. The first-order chi connectivity index (χ1) is 11.1. The van der Waals surface area contributed by atoms with E-state index in [9.17, 15) is 8.42 Å². The summed E-state index contributed by atoms with van der Waals surface area (Å²) >= 11 is 0. The van der Waals surface area contributed by atoms with E-state index in [1.807, 2.05) is 19.1 Å². The van der Waals surface area contributed by atoms with Crippen LogP contribution in [0.4, 0.5) is 5.82 Å². The number of morpholine rings is 1. The molecule has 1 atom stereocenters. The van der Waals surface area contributed by atoms with Gasteiger partial charge in [0.15, 0.2) is 0 Å². The van der Waals surface area contributed by atoms with E-state index in [0.717, 1.165) is 11.6 Å². The Morgan fingerprint density at radius 2 is 2.04 bits per heavy atom. The minimum atomic E-state index is -3.47. The number of hydrogen-bond acceptors (Lipinski definition) is 5. The molecule has 23 heavy (non-hydrogen) atoms. The van der Waals surface area contributed by atoms with Crippen molar-refractivity contribution < 1.29 is 22.6 Å². The molecule has 8 heteroatoms. The minimum Gasteiger partial charge on any atom is -0.465 e. The number of pyridine rings is 1. The van der Waals surface area contributed by atoms with Crippen LogP contribution in [-0.4, -0.2) is 39.0 Å². The Kier molecular flexibility index (Phi) is 4.65. The quantitative estimate of drug-likeness (QED) is 0.888. The highest BCUT2D eigenvalue weighted by atomic mass is 32.2. The van der Waals surface area contributed by atoms with Gasteiger partial charge in [-0.15, -0.1) is 0 Å². The molecule has 0 unspecified atom stereocenters. The van der Waals surface area contributed by atoms with E-state index in [0.29, 0.717) is 26.3 Å². The van der Waals surface area contributed by atoms with E-state index in [2.05, 4.69) is 10.3 Å². The van der Waals surface area contributed by atoms with E-state index in [1.165, 1.54) is 10.5 Å². The molecule has 1 fully saturated rings. The van der Waals surface area contributed by atoms with Gasteiger partial charge in [-0.3, -0.25) is 5.32 Å². The van der Waals surface area contributed by atoms with Crippen molar-refractivity contribution in [2.45, 2.75) is 17.9 Å². The molecule has 1 aliphatic rings. The number of nitrogens with one attached hydrogen (secondary N) is 2. The Balaban J connectivity index is 1.71. The van der Waals surface area contributed by atoms with Crippen molar-refractivity contribution in [3.8, 4) is 0 Å².